The van der Waals surface area contributed by atoms with E-state index in [1.165, 1.54) is 21.0 Å². The fourth-order valence-corrected chi connectivity index (χ4v) is 7.29. The molecule has 0 aliphatic carbocycles. The Morgan fingerprint density at radius 3 is 2.33 bits per heavy atom. The number of aromatic nitrogens is 1. The standard InChI is InChI=1S/C9H9NOS3.C8H7NO4S3/c1-5-4-7(9(12-3)13-5)8-10-14-6(2)11-8;1-4-3-5(6-9-15-8(10)13-6)7(14-4)16(2,11)12/h4H,2H2,1,3H3;3H,1-2H3. The van der Waals surface area contributed by atoms with Crippen LogP contribution in [0.3, 0.4) is 0 Å². The van der Waals surface area contributed by atoms with Gasteiger partial charge in [-0.3, -0.25) is 0 Å². The molecule has 3 aromatic heterocycles. The summed E-state index contributed by atoms with van der Waals surface area (Å²) in [4.78, 5) is 12.4. The minimum Gasteiger partial charge on any atom is -0.430 e. The van der Waals surface area contributed by atoms with Gasteiger partial charge >= 0.3 is 4.94 Å². The lowest BCUT2D eigenvalue weighted by molar-refractivity contribution is 0.470. The first-order valence-corrected chi connectivity index (χ1v) is 14.4. The molecule has 1 aliphatic heterocycles. The number of hydrogen-bond donors (Lipinski definition) is 0. The van der Waals surface area contributed by atoms with Gasteiger partial charge in [-0.05, 0) is 38.8 Å². The van der Waals surface area contributed by atoms with Gasteiger partial charge in [0.1, 0.15) is 4.21 Å². The number of aryl methyl sites for hydroxylation is 2. The first-order valence-electron chi connectivity index (χ1n) is 8.12. The molecule has 0 N–H and O–H groups in total. The van der Waals surface area contributed by atoms with Crippen LogP contribution < -0.4 is 4.94 Å². The predicted molar refractivity (Wildman–Crippen MR) is 127 cm³/mol. The largest absolute Gasteiger partial charge is 0.430 e. The molecule has 4 heterocycles. The Bertz CT molecular complexity index is 1280. The van der Waals surface area contributed by atoms with Gasteiger partial charge in [0.05, 0.1) is 38.8 Å². The molecule has 13 heteroatoms. The average molecular weight is 521 g/mol. The van der Waals surface area contributed by atoms with E-state index >= 15 is 0 Å². The van der Waals surface area contributed by atoms with Crippen LogP contribution >= 0.6 is 57.9 Å². The van der Waals surface area contributed by atoms with E-state index in [0.717, 1.165) is 28.0 Å². The maximum absolute atomic E-state index is 11.5. The van der Waals surface area contributed by atoms with Crippen LogP contribution in [0, 0.1) is 13.8 Å². The summed E-state index contributed by atoms with van der Waals surface area (Å²) in [6.45, 7) is 7.59. The van der Waals surface area contributed by atoms with Crippen LogP contribution in [0.1, 0.15) is 15.3 Å². The number of thioether (sulfide) groups is 1. The number of ether oxygens (including phenoxy) is 1. The predicted octanol–water partition coefficient (Wildman–Crippen LogP) is 5.21. The quantitative estimate of drug-likeness (QED) is 0.341. The van der Waals surface area contributed by atoms with Crippen LogP contribution in [0.2, 0.25) is 0 Å². The molecule has 0 fully saturated rings. The van der Waals surface area contributed by atoms with Crippen molar-refractivity contribution in [3.05, 3.63) is 48.9 Å². The summed E-state index contributed by atoms with van der Waals surface area (Å²) in [7, 11) is -3.33. The van der Waals surface area contributed by atoms with E-state index in [9.17, 15) is 13.2 Å². The van der Waals surface area contributed by atoms with Crippen molar-refractivity contribution >= 4 is 73.7 Å². The molecular weight excluding hydrogens is 505 g/mol. The molecule has 0 aromatic carbocycles. The Balaban J connectivity index is 0.000000172. The van der Waals surface area contributed by atoms with Gasteiger partial charge < -0.3 is 9.15 Å². The van der Waals surface area contributed by atoms with Crippen LogP contribution in [0.5, 0.6) is 0 Å². The lowest BCUT2D eigenvalue weighted by Gasteiger charge is -1.99. The lowest BCUT2D eigenvalue weighted by Crippen LogP contribution is -1.98. The van der Waals surface area contributed by atoms with Crippen molar-refractivity contribution in [2.75, 3.05) is 12.5 Å². The monoisotopic (exact) mass is 520 g/mol. The molecule has 0 saturated carbocycles. The number of thiophene rings is 2. The second-order valence-electron chi connectivity index (χ2n) is 5.89. The van der Waals surface area contributed by atoms with E-state index in [1.807, 2.05) is 0 Å². The van der Waals surface area contributed by atoms with Gasteiger partial charge in [0.15, 0.2) is 14.9 Å². The highest BCUT2D eigenvalue weighted by Crippen LogP contribution is 2.36. The maximum atomic E-state index is 11.5. The zero-order valence-corrected chi connectivity index (χ0v) is 21.1. The third kappa shape index (κ3) is 5.45. The summed E-state index contributed by atoms with van der Waals surface area (Å²) in [5.74, 6) is 0.758. The zero-order chi connectivity index (χ0) is 22.1. The molecule has 1 aliphatic rings. The summed E-state index contributed by atoms with van der Waals surface area (Å²) in [5, 5.41) is 0.649. The van der Waals surface area contributed by atoms with E-state index in [0.29, 0.717) is 28.1 Å². The van der Waals surface area contributed by atoms with Crippen LogP contribution in [-0.4, -0.2) is 31.2 Å². The summed E-state index contributed by atoms with van der Waals surface area (Å²) in [6, 6.07) is 3.76. The van der Waals surface area contributed by atoms with Gasteiger partial charge in [-0.15, -0.1) is 38.8 Å². The molecule has 0 spiro atoms. The highest BCUT2D eigenvalue weighted by Gasteiger charge is 2.22. The zero-order valence-electron chi connectivity index (χ0n) is 16.2. The third-order valence-electron chi connectivity index (χ3n) is 3.45. The van der Waals surface area contributed by atoms with Crippen LogP contribution in [0.4, 0.5) is 0 Å². The van der Waals surface area contributed by atoms with Crippen molar-refractivity contribution < 1.29 is 17.6 Å². The minimum absolute atomic E-state index is 0.0692. The van der Waals surface area contributed by atoms with Crippen molar-refractivity contribution in [3.8, 4) is 11.5 Å². The molecule has 160 valence electrons. The Morgan fingerprint density at radius 2 is 1.80 bits per heavy atom. The van der Waals surface area contributed by atoms with E-state index in [2.05, 4.69) is 34.6 Å². The minimum atomic E-state index is -3.33. The van der Waals surface area contributed by atoms with Gasteiger partial charge in [0.25, 0.3) is 0 Å². The highest BCUT2D eigenvalue weighted by atomic mass is 32.2. The van der Waals surface area contributed by atoms with Gasteiger partial charge in [-0.25, -0.2) is 13.2 Å². The van der Waals surface area contributed by atoms with E-state index in [1.54, 1.807) is 36.1 Å². The molecule has 3 aromatic rings. The molecule has 0 radical (unpaired) electrons. The Kier molecular flexibility index (Phi) is 7.30. The lowest BCUT2D eigenvalue weighted by atomic mass is 10.3. The van der Waals surface area contributed by atoms with E-state index in [4.69, 9.17) is 9.15 Å². The maximum Gasteiger partial charge on any atom is 0.414 e. The normalized spacial score (nSPS) is 13.6. The van der Waals surface area contributed by atoms with Crippen molar-refractivity contribution in [3.63, 3.8) is 0 Å². The second-order valence-corrected chi connectivity index (χ2v) is 13.2. The van der Waals surface area contributed by atoms with Gasteiger partial charge in [0, 0.05) is 16.0 Å². The third-order valence-corrected chi connectivity index (χ3v) is 9.57. The second kappa shape index (κ2) is 9.40. The number of sulfone groups is 1. The number of rotatable bonds is 4. The molecule has 0 amide bonds. The summed E-state index contributed by atoms with van der Waals surface area (Å²) < 4.78 is 42.7. The Hall–Kier alpha value is -1.38. The molecule has 0 saturated heterocycles. The molecule has 0 bridgehead atoms. The molecule has 0 unspecified atom stereocenters. The smallest absolute Gasteiger partial charge is 0.414 e. The van der Waals surface area contributed by atoms with Gasteiger partial charge in [0.2, 0.25) is 11.8 Å². The molecule has 7 nitrogen and oxygen atoms in total. The Labute approximate surface area is 194 Å². The van der Waals surface area contributed by atoms with Gasteiger partial charge in [-0.1, -0.05) is 0 Å². The van der Waals surface area contributed by atoms with Crippen LogP contribution in [-0.2, 0) is 14.6 Å². The van der Waals surface area contributed by atoms with Crippen molar-refractivity contribution in [1.29, 1.82) is 0 Å². The van der Waals surface area contributed by atoms with Crippen molar-refractivity contribution in [2.24, 2.45) is 4.40 Å². The van der Waals surface area contributed by atoms with Crippen molar-refractivity contribution in [1.82, 2.24) is 4.37 Å². The summed E-state index contributed by atoms with van der Waals surface area (Å²) in [6.07, 6.45) is 3.18. The molecule has 4 rings (SSSR count). The fraction of sp³-hybridized carbons (Fsp3) is 0.235. The SMILES string of the molecule is C=C1OC(c2cc(C)sc2SC)=NS1.Cc1cc(-c2nsc(=O)o2)c(S(C)(=O)=O)s1. The van der Waals surface area contributed by atoms with E-state index in [-0.39, 0.29) is 10.1 Å². The van der Waals surface area contributed by atoms with Gasteiger partial charge in [-0.2, -0.15) is 4.40 Å². The Morgan fingerprint density at radius 1 is 1.13 bits per heavy atom. The summed E-state index contributed by atoms with van der Waals surface area (Å²) in [5.41, 5.74) is 1.45. The number of hydrogen-bond acceptors (Lipinski definition) is 12. The van der Waals surface area contributed by atoms with Crippen LogP contribution in [0.25, 0.3) is 11.5 Å². The van der Waals surface area contributed by atoms with Crippen molar-refractivity contribution in [2.45, 2.75) is 22.3 Å². The van der Waals surface area contributed by atoms with E-state index < -0.39 is 14.8 Å². The molecule has 30 heavy (non-hydrogen) atoms. The van der Waals surface area contributed by atoms with Crippen LogP contribution in [0.15, 0.2) is 45.8 Å². The number of nitrogens with zero attached hydrogens (tertiary/aromatic N) is 2. The topological polar surface area (TPSA) is 98.8 Å². The fourth-order valence-electron chi connectivity index (χ4n) is 2.35. The first kappa shape index (κ1) is 23.3. The molecular formula is C17H16N2O5S6. The average Bonchev–Trinajstić information content (AvgIpc) is 3.42. The highest BCUT2D eigenvalue weighted by molar-refractivity contribution is 8.02. The molecule has 0 atom stereocenters. The summed E-state index contributed by atoms with van der Waals surface area (Å²) >= 11 is 6.59. The first-order chi connectivity index (χ1) is 14.1.